The highest BCUT2D eigenvalue weighted by Gasteiger charge is 2.24. The van der Waals surface area contributed by atoms with Gasteiger partial charge in [-0.25, -0.2) is 0 Å². The molecule has 1 heterocycles. The Kier molecular flexibility index (Phi) is 6.37. The van der Waals surface area contributed by atoms with Gasteiger partial charge in [-0.1, -0.05) is 20.8 Å². The second kappa shape index (κ2) is 7.29. The minimum absolute atomic E-state index is 0.674. The summed E-state index contributed by atoms with van der Waals surface area (Å²) in [5.74, 6) is 0.937. The molecule has 2 heteroatoms. The zero-order valence-corrected chi connectivity index (χ0v) is 11.6. The largest absolute Gasteiger partial charge is 0.312 e. The molecule has 1 rings (SSSR count). The predicted octanol–water partition coefficient (Wildman–Crippen LogP) is 2.89. The van der Waals surface area contributed by atoms with Crippen molar-refractivity contribution in [3.8, 4) is 0 Å². The van der Waals surface area contributed by atoms with Gasteiger partial charge in [0, 0.05) is 12.1 Å². The van der Waals surface area contributed by atoms with Crippen LogP contribution in [0, 0.1) is 5.92 Å². The molecule has 16 heavy (non-hydrogen) atoms. The lowest BCUT2D eigenvalue weighted by Gasteiger charge is -2.39. The molecule has 0 aromatic rings. The summed E-state index contributed by atoms with van der Waals surface area (Å²) < 4.78 is 0. The predicted molar refractivity (Wildman–Crippen MR) is 71.8 cm³/mol. The van der Waals surface area contributed by atoms with Crippen molar-refractivity contribution < 1.29 is 0 Å². The van der Waals surface area contributed by atoms with Gasteiger partial charge in [-0.2, -0.15) is 0 Å². The second-order valence-corrected chi connectivity index (χ2v) is 5.43. The van der Waals surface area contributed by atoms with Crippen molar-refractivity contribution in [2.75, 3.05) is 19.6 Å². The van der Waals surface area contributed by atoms with E-state index in [1.165, 1.54) is 38.8 Å². The third kappa shape index (κ3) is 4.06. The Labute approximate surface area is 102 Å². The number of piperidine rings is 1. The number of likely N-dealkylation sites (tertiary alicyclic amines) is 1. The normalized spacial score (nSPS) is 23.2. The lowest BCUT2D eigenvalue weighted by atomic mass is 9.96. The van der Waals surface area contributed by atoms with E-state index in [0.29, 0.717) is 12.1 Å². The monoisotopic (exact) mass is 226 g/mol. The molecule has 0 radical (unpaired) electrons. The highest BCUT2D eigenvalue weighted by Crippen LogP contribution is 2.19. The standard InChI is InChI=1S/C14H30N2/c1-5-9-15-14(6-2)13(4)16-10-7-12(3)8-11-16/h12-15H,5-11H2,1-4H3. The van der Waals surface area contributed by atoms with Crippen LogP contribution in [0.25, 0.3) is 0 Å². The molecule has 2 unspecified atom stereocenters. The van der Waals surface area contributed by atoms with Crippen LogP contribution in [0.4, 0.5) is 0 Å². The lowest BCUT2D eigenvalue weighted by molar-refractivity contribution is 0.119. The van der Waals surface area contributed by atoms with E-state index in [9.17, 15) is 0 Å². The van der Waals surface area contributed by atoms with Gasteiger partial charge >= 0.3 is 0 Å². The summed E-state index contributed by atoms with van der Waals surface area (Å²) in [6.45, 7) is 13.1. The molecule has 1 fully saturated rings. The van der Waals surface area contributed by atoms with Crippen LogP contribution >= 0.6 is 0 Å². The maximum atomic E-state index is 3.69. The molecule has 0 aromatic heterocycles. The summed E-state index contributed by atoms with van der Waals surface area (Å²) in [4.78, 5) is 2.68. The fourth-order valence-corrected chi connectivity index (χ4v) is 2.68. The number of nitrogens with zero attached hydrogens (tertiary/aromatic N) is 1. The SMILES string of the molecule is CCCNC(CC)C(C)N1CCC(C)CC1. The van der Waals surface area contributed by atoms with Crippen molar-refractivity contribution in [3.63, 3.8) is 0 Å². The molecule has 1 saturated heterocycles. The van der Waals surface area contributed by atoms with Crippen LogP contribution < -0.4 is 5.32 Å². The Balaban J connectivity index is 2.37. The van der Waals surface area contributed by atoms with E-state index in [1.807, 2.05) is 0 Å². The Morgan fingerprint density at radius 1 is 1.25 bits per heavy atom. The quantitative estimate of drug-likeness (QED) is 0.749. The number of hydrogen-bond donors (Lipinski definition) is 1. The lowest BCUT2D eigenvalue weighted by Crippen LogP contribution is -2.50. The first-order valence-electron chi connectivity index (χ1n) is 7.16. The van der Waals surface area contributed by atoms with Gasteiger partial charge in [0.2, 0.25) is 0 Å². The van der Waals surface area contributed by atoms with Crippen molar-refractivity contribution >= 4 is 0 Å². The molecule has 2 atom stereocenters. The van der Waals surface area contributed by atoms with Crippen LogP contribution in [0.15, 0.2) is 0 Å². The van der Waals surface area contributed by atoms with Crippen LogP contribution in [0.1, 0.15) is 53.4 Å². The molecule has 0 saturated carbocycles. The van der Waals surface area contributed by atoms with Crippen molar-refractivity contribution in [1.82, 2.24) is 10.2 Å². The maximum Gasteiger partial charge on any atom is 0.0220 e. The molecule has 0 aromatic carbocycles. The topological polar surface area (TPSA) is 15.3 Å². The molecule has 1 aliphatic heterocycles. The number of rotatable bonds is 6. The van der Waals surface area contributed by atoms with Crippen LogP contribution in [-0.2, 0) is 0 Å². The van der Waals surface area contributed by atoms with E-state index < -0.39 is 0 Å². The van der Waals surface area contributed by atoms with Gasteiger partial charge in [-0.15, -0.1) is 0 Å². The Morgan fingerprint density at radius 2 is 1.88 bits per heavy atom. The van der Waals surface area contributed by atoms with Crippen molar-refractivity contribution in [2.45, 2.75) is 65.5 Å². The molecule has 96 valence electrons. The molecule has 0 bridgehead atoms. The van der Waals surface area contributed by atoms with Crippen LogP contribution in [0.5, 0.6) is 0 Å². The second-order valence-electron chi connectivity index (χ2n) is 5.43. The first kappa shape index (κ1) is 14.0. The molecule has 1 aliphatic rings. The Morgan fingerprint density at radius 3 is 2.38 bits per heavy atom. The molecule has 0 aliphatic carbocycles. The summed E-state index contributed by atoms with van der Waals surface area (Å²) in [7, 11) is 0. The summed E-state index contributed by atoms with van der Waals surface area (Å²) in [5.41, 5.74) is 0. The zero-order valence-electron chi connectivity index (χ0n) is 11.6. The Hall–Kier alpha value is -0.0800. The molecule has 0 spiro atoms. The Bertz CT molecular complexity index is 169. The van der Waals surface area contributed by atoms with Gasteiger partial charge in [-0.3, -0.25) is 4.90 Å². The molecular formula is C14H30N2. The molecular weight excluding hydrogens is 196 g/mol. The molecule has 0 amide bonds. The van der Waals surface area contributed by atoms with Crippen molar-refractivity contribution in [3.05, 3.63) is 0 Å². The van der Waals surface area contributed by atoms with E-state index >= 15 is 0 Å². The third-order valence-electron chi connectivity index (χ3n) is 4.07. The van der Waals surface area contributed by atoms with Crippen LogP contribution in [-0.4, -0.2) is 36.6 Å². The van der Waals surface area contributed by atoms with E-state index in [2.05, 4.69) is 37.9 Å². The summed E-state index contributed by atoms with van der Waals surface area (Å²) in [5, 5.41) is 3.69. The van der Waals surface area contributed by atoms with Gasteiger partial charge in [0.15, 0.2) is 0 Å². The van der Waals surface area contributed by atoms with E-state index in [1.54, 1.807) is 0 Å². The fourth-order valence-electron chi connectivity index (χ4n) is 2.68. The van der Waals surface area contributed by atoms with Crippen molar-refractivity contribution in [1.29, 1.82) is 0 Å². The highest BCUT2D eigenvalue weighted by molar-refractivity contribution is 4.83. The maximum absolute atomic E-state index is 3.69. The number of nitrogens with one attached hydrogen (secondary N) is 1. The first-order chi connectivity index (χ1) is 7.69. The minimum atomic E-state index is 0.674. The van der Waals surface area contributed by atoms with E-state index in [-0.39, 0.29) is 0 Å². The van der Waals surface area contributed by atoms with Crippen LogP contribution in [0.2, 0.25) is 0 Å². The zero-order chi connectivity index (χ0) is 12.0. The van der Waals surface area contributed by atoms with E-state index in [0.717, 1.165) is 12.5 Å². The third-order valence-corrected chi connectivity index (χ3v) is 4.07. The van der Waals surface area contributed by atoms with Gasteiger partial charge in [0.05, 0.1) is 0 Å². The molecule has 2 nitrogen and oxygen atoms in total. The minimum Gasteiger partial charge on any atom is -0.312 e. The van der Waals surface area contributed by atoms with Crippen LogP contribution in [0.3, 0.4) is 0 Å². The summed E-state index contributed by atoms with van der Waals surface area (Å²) in [6, 6.07) is 1.37. The van der Waals surface area contributed by atoms with Gasteiger partial charge in [-0.05, 0) is 58.2 Å². The number of hydrogen-bond acceptors (Lipinski definition) is 2. The highest BCUT2D eigenvalue weighted by atomic mass is 15.2. The fraction of sp³-hybridized carbons (Fsp3) is 1.00. The summed E-state index contributed by atoms with van der Waals surface area (Å²) >= 11 is 0. The van der Waals surface area contributed by atoms with E-state index in [4.69, 9.17) is 0 Å². The smallest absolute Gasteiger partial charge is 0.0220 e. The van der Waals surface area contributed by atoms with Gasteiger partial charge < -0.3 is 5.32 Å². The molecule has 1 N–H and O–H groups in total. The van der Waals surface area contributed by atoms with Gasteiger partial charge in [0.1, 0.15) is 0 Å². The average molecular weight is 226 g/mol. The first-order valence-corrected chi connectivity index (χ1v) is 7.16. The van der Waals surface area contributed by atoms with Gasteiger partial charge in [0.25, 0.3) is 0 Å². The summed E-state index contributed by atoms with van der Waals surface area (Å²) in [6.07, 6.45) is 5.25. The van der Waals surface area contributed by atoms with Crippen molar-refractivity contribution in [2.24, 2.45) is 5.92 Å². The average Bonchev–Trinajstić information content (AvgIpc) is 2.30.